The fraction of sp³-hybridized carbons (Fsp3) is 0. The van der Waals surface area contributed by atoms with Crippen LogP contribution in [0, 0.1) is 0 Å². The maximum atomic E-state index is 12.2. The number of hydrogen-bond donors (Lipinski definition) is 2. The zero-order valence-electron chi connectivity index (χ0n) is 13.6. The molecule has 0 aliphatic heterocycles. The summed E-state index contributed by atoms with van der Waals surface area (Å²) in [4.78, 5) is 16.2. The highest BCUT2D eigenvalue weighted by Crippen LogP contribution is 2.12. The summed E-state index contributed by atoms with van der Waals surface area (Å²) >= 11 is 0. The lowest BCUT2D eigenvalue weighted by Gasteiger charge is -2.08. The van der Waals surface area contributed by atoms with Gasteiger partial charge < -0.3 is 10.6 Å². The van der Waals surface area contributed by atoms with Gasteiger partial charge >= 0.3 is 0 Å². The van der Waals surface area contributed by atoms with Crippen molar-refractivity contribution >= 4 is 32.6 Å². The molecular formula is C19H15N3O3S. The molecule has 0 radical (unpaired) electrons. The number of anilines is 2. The molecule has 0 spiro atoms. The van der Waals surface area contributed by atoms with Gasteiger partial charge in [0, 0.05) is 23.0 Å². The lowest BCUT2D eigenvalue weighted by Crippen LogP contribution is -2.16. The third kappa shape index (κ3) is 4.34. The van der Waals surface area contributed by atoms with E-state index in [0.29, 0.717) is 22.5 Å². The molecule has 0 fully saturated rings. The Hall–Kier alpha value is -3.45. The van der Waals surface area contributed by atoms with E-state index < -0.39 is 10.3 Å². The quantitative estimate of drug-likeness (QED) is 0.694. The SMILES string of the molecule is O=C(Nc1cccnc1)c1ccc(C(Nc2ccccc2)=S(=O)=O)cc1. The molecule has 130 valence electrons. The van der Waals surface area contributed by atoms with Crippen molar-refractivity contribution in [3.63, 3.8) is 0 Å². The lowest BCUT2D eigenvalue weighted by molar-refractivity contribution is 0.102. The van der Waals surface area contributed by atoms with Crippen LogP contribution in [0.2, 0.25) is 0 Å². The second-order valence-electron chi connectivity index (χ2n) is 5.33. The molecule has 0 bridgehead atoms. The van der Waals surface area contributed by atoms with E-state index in [1.54, 1.807) is 73.1 Å². The summed E-state index contributed by atoms with van der Waals surface area (Å²) in [5, 5.41) is 5.60. The molecule has 2 N–H and O–H groups in total. The first-order valence-corrected chi connectivity index (χ1v) is 8.81. The van der Waals surface area contributed by atoms with Crippen molar-refractivity contribution in [1.82, 2.24) is 4.98 Å². The summed E-state index contributed by atoms with van der Waals surface area (Å²) in [6.45, 7) is 0. The van der Waals surface area contributed by atoms with Gasteiger partial charge in [-0.3, -0.25) is 9.78 Å². The first-order chi connectivity index (χ1) is 12.6. The highest BCUT2D eigenvalue weighted by atomic mass is 32.2. The minimum absolute atomic E-state index is 0.0374. The summed E-state index contributed by atoms with van der Waals surface area (Å²) in [5.41, 5.74) is 2.11. The highest BCUT2D eigenvalue weighted by molar-refractivity contribution is 7.73. The molecule has 0 saturated heterocycles. The number of carbonyl (C=O) groups excluding carboxylic acids is 1. The number of pyridine rings is 1. The van der Waals surface area contributed by atoms with Crippen LogP contribution in [0.25, 0.3) is 0 Å². The Morgan fingerprint density at radius 3 is 2.04 bits per heavy atom. The molecule has 0 aliphatic carbocycles. The molecule has 7 heteroatoms. The highest BCUT2D eigenvalue weighted by Gasteiger charge is 2.10. The van der Waals surface area contributed by atoms with Gasteiger partial charge in [0.05, 0.1) is 11.9 Å². The number of para-hydroxylation sites is 1. The van der Waals surface area contributed by atoms with Gasteiger partial charge in [0.15, 0.2) is 4.99 Å². The molecule has 3 aromatic rings. The minimum Gasteiger partial charge on any atom is -0.342 e. The molecule has 1 amide bonds. The molecule has 0 unspecified atom stereocenters. The van der Waals surface area contributed by atoms with Gasteiger partial charge in [0.1, 0.15) is 0 Å². The minimum atomic E-state index is -2.46. The predicted molar refractivity (Wildman–Crippen MR) is 102 cm³/mol. The van der Waals surface area contributed by atoms with E-state index >= 15 is 0 Å². The largest absolute Gasteiger partial charge is 0.342 e. The van der Waals surface area contributed by atoms with Crippen LogP contribution in [0.5, 0.6) is 0 Å². The topological polar surface area (TPSA) is 88.2 Å². The predicted octanol–water partition coefficient (Wildman–Crippen LogP) is 2.80. The van der Waals surface area contributed by atoms with E-state index in [0.717, 1.165) is 0 Å². The van der Waals surface area contributed by atoms with Gasteiger partial charge in [-0.1, -0.05) is 30.3 Å². The van der Waals surface area contributed by atoms with Crippen molar-refractivity contribution in [2.75, 3.05) is 10.6 Å². The molecule has 3 rings (SSSR count). The van der Waals surface area contributed by atoms with E-state index in [-0.39, 0.29) is 10.9 Å². The summed E-state index contributed by atoms with van der Waals surface area (Å²) in [7, 11) is -2.46. The van der Waals surface area contributed by atoms with E-state index in [1.807, 2.05) is 6.07 Å². The van der Waals surface area contributed by atoms with Gasteiger partial charge in [-0.2, -0.15) is 8.42 Å². The van der Waals surface area contributed by atoms with Crippen LogP contribution in [0.4, 0.5) is 11.4 Å². The second kappa shape index (κ2) is 8.09. The number of hydrogen-bond acceptors (Lipinski definition) is 4. The zero-order valence-corrected chi connectivity index (χ0v) is 14.4. The van der Waals surface area contributed by atoms with Crippen LogP contribution in [-0.4, -0.2) is 24.3 Å². The molecular weight excluding hydrogens is 350 g/mol. The normalized spacial score (nSPS) is 10.0. The van der Waals surface area contributed by atoms with Gasteiger partial charge in [0.2, 0.25) is 10.3 Å². The van der Waals surface area contributed by atoms with Gasteiger partial charge in [-0.05, 0) is 36.4 Å². The van der Waals surface area contributed by atoms with Crippen LogP contribution in [0.1, 0.15) is 15.9 Å². The third-order valence-electron chi connectivity index (χ3n) is 3.53. The zero-order chi connectivity index (χ0) is 18.4. The molecule has 0 aliphatic rings. The average molecular weight is 365 g/mol. The number of carbonyl (C=O) groups is 1. The number of aromatic nitrogens is 1. The van der Waals surface area contributed by atoms with Crippen LogP contribution in [0.15, 0.2) is 79.1 Å². The molecule has 6 nitrogen and oxygen atoms in total. The van der Waals surface area contributed by atoms with E-state index in [9.17, 15) is 13.2 Å². The van der Waals surface area contributed by atoms with Crippen molar-refractivity contribution in [1.29, 1.82) is 0 Å². The Morgan fingerprint density at radius 2 is 1.42 bits per heavy atom. The van der Waals surface area contributed by atoms with E-state index in [2.05, 4.69) is 15.6 Å². The van der Waals surface area contributed by atoms with Gasteiger partial charge in [-0.25, -0.2) is 0 Å². The Kier molecular flexibility index (Phi) is 5.40. The van der Waals surface area contributed by atoms with Crippen LogP contribution in [-0.2, 0) is 10.3 Å². The maximum Gasteiger partial charge on any atom is 0.255 e. The van der Waals surface area contributed by atoms with Crippen molar-refractivity contribution in [3.8, 4) is 0 Å². The number of benzene rings is 2. The van der Waals surface area contributed by atoms with Crippen molar-refractivity contribution < 1.29 is 13.2 Å². The van der Waals surface area contributed by atoms with Gasteiger partial charge in [0.25, 0.3) is 5.91 Å². The molecule has 0 saturated carbocycles. The Morgan fingerprint density at radius 1 is 0.769 bits per heavy atom. The maximum absolute atomic E-state index is 12.2. The number of rotatable bonds is 4. The van der Waals surface area contributed by atoms with Crippen LogP contribution >= 0.6 is 0 Å². The fourth-order valence-electron chi connectivity index (χ4n) is 2.28. The van der Waals surface area contributed by atoms with Crippen molar-refractivity contribution in [3.05, 3.63) is 90.3 Å². The van der Waals surface area contributed by atoms with Crippen LogP contribution < -0.4 is 10.6 Å². The summed E-state index contributed by atoms with van der Waals surface area (Å²) in [5.74, 6) is -0.301. The number of nitrogens with one attached hydrogen (secondary N) is 2. The van der Waals surface area contributed by atoms with Crippen LogP contribution in [0.3, 0.4) is 0 Å². The smallest absolute Gasteiger partial charge is 0.255 e. The second-order valence-corrected chi connectivity index (χ2v) is 6.21. The Bertz CT molecular complexity index is 1020. The summed E-state index contributed by atoms with van der Waals surface area (Å²) < 4.78 is 23.2. The van der Waals surface area contributed by atoms with Gasteiger partial charge in [-0.15, -0.1) is 0 Å². The fourth-order valence-corrected chi connectivity index (χ4v) is 2.81. The molecule has 2 aromatic carbocycles. The van der Waals surface area contributed by atoms with Crippen molar-refractivity contribution in [2.24, 2.45) is 0 Å². The standard InChI is InChI=1S/C19H15N3O3S/c23-18(21-17-7-4-12-20-13-17)14-8-10-15(11-9-14)19(26(24)25)22-16-5-2-1-3-6-16/h1-13,22H,(H,21,23). The average Bonchev–Trinajstić information content (AvgIpc) is 2.67. The summed E-state index contributed by atoms with van der Waals surface area (Å²) in [6, 6.07) is 18.7. The number of nitrogens with zero attached hydrogens (tertiary/aromatic N) is 1. The first-order valence-electron chi connectivity index (χ1n) is 7.73. The first kappa shape index (κ1) is 17.4. The van der Waals surface area contributed by atoms with E-state index in [1.165, 1.54) is 0 Å². The molecule has 1 heterocycles. The Labute approximate surface area is 152 Å². The monoisotopic (exact) mass is 365 g/mol. The summed E-state index contributed by atoms with van der Waals surface area (Å²) in [6.07, 6.45) is 3.16. The third-order valence-corrected chi connectivity index (χ3v) is 4.20. The molecule has 1 aromatic heterocycles. The van der Waals surface area contributed by atoms with Crippen molar-refractivity contribution in [2.45, 2.75) is 0 Å². The van der Waals surface area contributed by atoms with E-state index in [4.69, 9.17) is 0 Å². The molecule has 26 heavy (non-hydrogen) atoms. The Balaban J connectivity index is 1.79. The number of amides is 1. The molecule has 0 atom stereocenters. The lowest BCUT2D eigenvalue weighted by atomic mass is 10.1.